The second-order valence-corrected chi connectivity index (χ2v) is 9.10. The van der Waals surface area contributed by atoms with E-state index in [-0.39, 0.29) is 12.5 Å². The molecule has 1 saturated carbocycles. The predicted molar refractivity (Wildman–Crippen MR) is 108 cm³/mol. The Morgan fingerprint density at radius 1 is 0.875 bits per heavy atom. The quantitative estimate of drug-likeness (QED) is 0.178. The van der Waals surface area contributed by atoms with Gasteiger partial charge < -0.3 is 66.8 Å². The van der Waals surface area contributed by atoms with Crippen LogP contribution in [0.2, 0.25) is 0 Å². The van der Waals surface area contributed by atoms with Gasteiger partial charge in [-0.05, 0) is 19.3 Å². The summed E-state index contributed by atoms with van der Waals surface area (Å²) in [5.41, 5.74) is 17.8. The van der Waals surface area contributed by atoms with Crippen molar-refractivity contribution in [2.75, 3.05) is 6.54 Å². The molecule has 0 radical (unpaired) electrons. The van der Waals surface area contributed by atoms with Crippen LogP contribution >= 0.6 is 0 Å². The molecule has 5 unspecified atom stereocenters. The summed E-state index contributed by atoms with van der Waals surface area (Å²) < 4.78 is 22.9. The van der Waals surface area contributed by atoms with Gasteiger partial charge in [-0.15, -0.1) is 0 Å². The molecule has 15 atom stereocenters. The number of hydrogen-bond donors (Lipinski definition) is 9. The summed E-state index contributed by atoms with van der Waals surface area (Å²) in [6.07, 6.45) is -14.1. The zero-order chi connectivity index (χ0) is 23.9. The molecule has 0 spiro atoms. The second-order valence-electron chi connectivity index (χ2n) is 9.10. The Morgan fingerprint density at radius 3 is 2.06 bits per heavy atom. The third-order valence-electron chi connectivity index (χ3n) is 6.60. The van der Waals surface area contributed by atoms with Crippen LogP contribution in [0.3, 0.4) is 0 Å². The van der Waals surface area contributed by atoms with E-state index in [1.165, 1.54) is 6.92 Å². The minimum absolute atomic E-state index is 0.0487. The highest BCUT2D eigenvalue weighted by atomic mass is 16.7. The smallest absolute Gasteiger partial charge is 0.187 e. The maximum atomic E-state index is 10.8. The lowest BCUT2D eigenvalue weighted by Gasteiger charge is -2.47. The van der Waals surface area contributed by atoms with Crippen molar-refractivity contribution in [1.82, 2.24) is 0 Å². The van der Waals surface area contributed by atoms with Gasteiger partial charge in [0.1, 0.15) is 48.8 Å². The van der Waals surface area contributed by atoms with E-state index in [9.17, 15) is 30.6 Å². The highest BCUT2D eigenvalue weighted by Crippen LogP contribution is 2.34. The first-order valence-electron chi connectivity index (χ1n) is 10.9. The molecule has 13 nitrogen and oxygen atoms in total. The first-order chi connectivity index (χ1) is 15.0. The van der Waals surface area contributed by atoms with Crippen molar-refractivity contribution in [3.8, 4) is 0 Å². The maximum absolute atomic E-state index is 10.8. The van der Waals surface area contributed by atoms with E-state index < -0.39 is 85.7 Å². The SMILES string of the molecule is C[C@@H]1CC(N)[C@@H](O[C@H]2OC([C@@H](C)O)[C@@H](O)[C@H](O)C2N)[C@H](O[C@@H]2O[C@H](CN)[C@H](O)C2O)C1O. The molecule has 2 heterocycles. The molecule has 2 aliphatic heterocycles. The van der Waals surface area contributed by atoms with Gasteiger partial charge >= 0.3 is 0 Å². The Hall–Kier alpha value is -0.520. The zero-order valence-electron chi connectivity index (χ0n) is 18.1. The van der Waals surface area contributed by atoms with E-state index in [1.807, 2.05) is 0 Å². The van der Waals surface area contributed by atoms with Gasteiger partial charge in [0, 0.05) is 12.6 Å². The van der Waals surface area contributed by atoms with Gasteiger partial charge in [0.25, 0.3) is 0 Å². The Balaban J connectivity index is 1.79. The third-order valence-corrected chi connectivity index (χ3v) is 6.60. The topological polar surface area (TPSA) is 236 Å². The summed E-state index contributed by atoms with van der Waals surface area (Å²) in [7, 11) is 0. The van der Waals surface area contributed by atoms with Gasteiger partial charge in [0.05, 0.1) is 18.2 Å². The number of hydrogen-bond acceptors (Lipinski definition) is 13. The lowest BCUT2D eigenvalue weighted by molar-refractivity contribution is -0.317. The minimum Gasteiger partial charge on any atom is -0.391 e. The second kappa shape index (κ2) is 10.4. The molecule has 32 heavy (non-hydrogen) atoms. The molecule has 0 aromatic rings. The number of nitrogens with two attached hydrogens (primary N) is 3. The molecule has 0 aromatic heterocycles. The van der Waals surface area contributed by atoms with Gasteiger partial charge in [-0.25, -0.2) is 0 Å². The molecule has 3 aliphatic rings. The number of aliphatic hydroxyl groups is 6. The Morgan fingerprint density at radius 2 is 1.50 bits per heavy atom. The molecule has 12 N–H and O–H groups in total. The Kier molecular flexibility index (Phi) is 8.48. The number of rotatable bonds is 6. The summed E-state index contributed by atoms with van der Waals surface area (Å²) >= 11 is 0. The molecule has 0 bridgehead atoms. The predicted octanol–water partition coefficient (Wildman–Crippen LogP) is -4.95. The van der Waals surface area contributed by atoms with Crippen molar-refractivity contribution < 1.29 is 49.6 Å². The van der Waals surface area contributed by atoms with Crippen LogP contribution in [0.25, 0.3) is 0 Å². The van der Waals surface area contributed by atoms with Crippen LogP contribution in [0.5, 0.6) is 0 Å². The van der Waals surface area contributed by atoms with Gasteiger partial charge in [-0.3, -0.25) is 0 Å². The van der Waals surface area contributed by atoms with Crippen LogP contribution in [0, 0.1) is 5.92 Å². The van der Waals surface area contributed by atoms with E-state index in [4.69, 9.17) is 36.1 Å². The van der Waals surface area contributed by atoms with Crippen molar-refractivity contribution >= 4 is 0 Å². The van der Waals surface area contributed by atoms with Crippen LogP contribution in [0.1, 0.15) is 20.3 Å². The van der Waals surface area contributed by atoms with Crippen LogP contribution in [0.4, 0.5) is 0 Å². The molecule has 1 aliphatic carbocycles. The molecule has 0 aromatic carbocycles. The minimum atomic E-state index is -1.45. The average Bonchev–Trinajstić information content (AvgIpc) is 3.01. The van der Waals surface area contributed by atoms with Crippen molar-refractivity contribution in [2.24, 2.45) is 23.1 Å². The fourth-order valence-corrected chi connectivity index (χ4v) is 4.56. The standard InChI is InChI=1S/C19H37N3O10/c1-5-3-7(21)16(31-18-9(22)12(26)13(27)15(30-18)6(2)23)17(10(5)24)32-19-14(28)11(25)8(4-20)29-19/h5-19,23-28H,3-4,20-22H2,1-2H3/t5-,6-,7?,8-,9?,10?,11+,12-,13+,14?,15?,16-,17-,18-,19+/m1/s1. The van der Waals surface area contributed by atoms with Gasteiger partial charge in [-0.2, -0.15) is 0 Å². The molecule has 188 valence electrons. The summed E-state index contributed by atoms with van der Waals surface area (Å²) in [5.74, 6) is -0.290. The van der Waals surface area contributed by atoms with E-state index in [1.54, 1.807) is 6.92 Å². The molecule has 13 heteroatoms. The lowest BCUT2D eigenvalue weighted by atomic mass is 9.80. The monoisotopic (exact) mass is 467 g/mol. The van der Waals surface area contributed by atoms with Crippen molar-refractivity contribution in [3.05, 3.63) is 0 Å². The average molecular weight is 468 g/mol. The molecule has 0 amide bonds. The van der Waals surface area contributed by atoms with Crippen LogP contribution < -0.4 is 17.2 Å². The van der Waals surface area contributed by atoms with Crippen LogP contribution in [-0.4, -0.2) is 123 Å². The summed E-state index contributed by atoms with van der Waals surface area (Å²) in [6, 6.07) is -1.84. The fraction of sp³-hybridized carbons (Fsp3) is 1.00. The fourth-order valence-electron chi connectivity index (χ4n) is 4.56. The number of ether oxygens (including phenoxy) is 4. The summed E-state index contributed by atoms with van der Waals surface area (Å²) in [6.45, 7) is 3.11. The third kappa shape index (κ3) is 4.95. The Bertz CT molecular complexity index is 618. The lowest BCUT2D eigenvalue weighted by Crippen LogP contribution is -2.67. The number of aliphatic hydroxyl groups excluding tert-OH is 6. The van der Waals surface area contributed by atoms with Gasteiger partial charge in [0.2, 0.25) is 0 Å². The normalized spacial score (nSPS) is 53.3. The van der Waals surface area contributed by atoms with Crippen LogP contribution in [0.15, 0.2) is 0 Å². The molecule has 3 fully saturated rings. The molecule has 2 saturated heterocycles. The zero-order valence-corrected chi connectivity index (χ0v) is 18.1. The van der Waals surface area contributed by atoms with E-state index in [0.29, 0.717) is 6.42 Å². The first-order valence-corrected chi connectivity index (χ1v) is 10.9. The van der Waals surface area contributed by atoms with Crippen molar-refractivity contribution in [2.45, 2.75) is 106 Å². The molecular weight excluding hydrogens is 430 g/mol. The Labute approximate surface area is 186 Å². The van der Waals surface area contributed by atoms with Crippen LogP contribution in [-0.2, 0) is 18.9 Å². The summed E-state index contributed by atoms with van der Waals surface area (Å²) in [4.78, 5) is 0. The maximum Gasteiger partial charge on any atom is 0.187 e. The van der Waals surface area contributed by atoms with Crippen molar-refractivity contribution in [3.63, 3.8) is 0 Å². The van der Waals surface area contributed by atoms with E-state index in [2.05, 4.69) is 0 Å². The van der Waals surface area contributed by atoms with E-state index >= 15 is 0 Å². The summed E-state index contributed by atoms with van der Waals surface area (Å²) in [5, 5.41) is 61.5. The van der Waals surface area contributed by atoms with Crippen molar-refractivity contribution in [1.29, 1.82) is 0 Å². The van der Waals surface area contributed by atoms with Gasteiger partial charge in [-0.1, -0.05) is 6.92 Å². The first kappa shape index (κ1) is 26.1. The molecular formula is C19H37N3O10. The molecule has 3 rings (SSSR count). The highest BCUT2D eigenvalue weighted by Gasteiger charge is 2.52. The van der Waals surface area contributed by atoms with Gasteiger partial charge in [0.15, 0.2) is 12.6 Å². The highest BCUT2D eigenvalue weighted by molar-refractivity contribution is 4.99. The van der Waals surface area contributed by atoms with E-state index in [0.717, 1.165) is 0 Å². The largest absolute Gasteiger partial charge is 0.391 e.